The summed E-state index contributed by atoms with van der Waals surface area (Å²) >= 11 is 0. The molecule has 4 aromatic rings. The third kappa shape index (κ3) is 2.54. The molecule has 0 saturated heterocycles. The average molecular weight is 318 g/mol. The van der Waals surface area contributed by atoms with E-state index < -0.39 is 0 Å². The van der Waals surface area contributed by atoms with E-state index in [0.29, 0.717) is 12.2 Å². The van der Waals surface area contributed by atoms with Gasteiger partial charge < -0.3 is 14.9 Å². The molecule has 120 valence electrons. The maximum absolute atomic E-state index is 12.3. The molecule has 0 aliphatic rings. The van der Waals surface area contributed by atoms with Crippen molar-refractivity contribution in [3.8, 4) is 0 Å². The fraction of sp³-hybridized carbons (Fsp3) is 0.158. The predicted octanol–water partition coefficient (Wildman–Crippen LogP) is 3.03. The average Bonchev–Trinajstić information content (AvgIpc) is 3.17. The number of H-pyrrole nitrogens is 1. The number of pyridine rings is 1. The van der Waals surface area contributed by atoms with E-state index in [-0.39, 0.29) is 5.91 Å². The van der Waals surface area contributed by atoms with Crippen LogP contribution in [0.25, 0.3) is 21.9 Å². The standard InChI is InChI=1S/C19H18N4O/c1-23-12-14(15-6-4-9-20-18(15)23)8-10-21-19(24)17-11-13-5-2-3-7-16(13)22-17/h2-7,9,11-12,22H,8,10H2,1H3,(H,21,24). The normalized spacial score (nSPS) is 11.2. The first kappa shape index (κ1) is 14.5. The van der Waals surface area contributed by atoms with Crippen LogP contribution in [0.4, 0.5) is 0 Å². The summed E-state index contributed by atoms with van der Waals surface area (Å²) in [5.74, 6) is -0.0791. The molecular weight excluding hydrogens is 300 g/mol. The number of aryl methyl sites for hydroxylation is 1. The van der Waals surface area contributed by atoms with Gasteiger partial charge in [-0.25, -0.2) is 4.98 Å². The van der Waals surface area contributed by atoms with Crippen LogP contribution < -0.4 is 5.32 Å². The highest BCUT2D eigenvalue weighted by molar-refractivity contribution is 5.98. The highest BCUT2D eigenvalue weighted by atomic mass is 16.1. The number of carbonyl (C=O) groups excluding carboxylic acids is 1. The second kappa shape index (κ2) is 5.85. The molecule has 1 aromatic carbocycles. The SMILES string of the molecule is Cn1cc(CCNC(=O)c2cc3ccccc3[nH]2)c2cccnc21. The second-order valence-electron chi connectivity index (χ2n) is 5.92. The highest BCUT2D eigenvalue weighted by Gasteiger charge is 2.10. The molecule has 0 radical (unpaired) electrons. The fourth-order valence-corrected chi connectivity index (χ4v) is 3.09. The van der Waals surface area contributed by atoms with Crippen molar-refractivity contribution in [2.24, 2.45) is 7.05 Å². The molecule has 1 amide bonds. The number of fused-ring (bicyclic) bond motifs is 2. The Kier molecular flexibility index (Phi) is 3.54. The van der Waals surface area contributed by atoms with Gasteiger partial charge in [0, 0.05) is 42.3 Å². The van der Waals surface area contributed by atoms with Gasteiger partial charge in [0.1, 0.15) is 11.3 Å². The Morgan fingerprint density at radius 2 is 2.12 bits per heavy atom. The number of amides is 1. The molecule has 0 aliphatic carbocycles. The van der Waals surface area contributed by atoms with Crippen molar-refractivity contribution >= 4 is 27.8 Å². The minimum atomic E-state index is -0.0791. The van der Waals surface area contributed by atoms with E-state index in [4.69, 9.17) is 0 Å². The van der Waals surface area contributed by atoms with Gasteiger partial charge in [0.2, 0.25) is 0 Å². The molecule has 0 spiro atoms. The van der Waals surface area contributed by atoms with E-state index in [1.54, 1.807) is 6.20 Å². The van der Waals surface area contributed by atoms with Gasteiger partial charge >= 0.3 is 0 Å². The van der Waals surface area contributed by atoms with Gasteiger partial charge in [-0.3, -0.25) is 4.79 Å². The number of hydrogen-bond acceptors (Lipinski definition) is 2. The van der Waals surface area contributed by atoms with Crippen LogP contribution in [0.3, 0.4) is 0 Å². The number of benzene rings is 1. The summed E-state index contributed by atoms with van der Waals surface area (Å²) in [7, 11) is 1.99. The van der Waals surface area contributed by atoms with Crippen molar-refractivity contribution in [1.29, 1.82) is 0 Å². The lowest BCUT2D eigenvalue weighted by atomic mass is 10.1. The number of aromatic nitrogens is 3. The summed E-state index contributed by atoms with van der Waals surface area (Å²) in [6.45, 7) is 0.586. The zero-order valence-electron chi connectivity index (χ0n) is 13.4. The lowest BCUT2D eigenvalue weighted by Gasteiger charge is -2.03. The first-order valence-electron chi connectivity index (χ1n) is 7.97. The van der Waals surface area contributed by atoms with Crippen LogP contribution in [0, 0.1) is 0 Å². The first-order chi connectivity index (χ1) is 11.7. The Bertz CT molecular complexity index is 995. The molecule has 3 aromatic heterocycles. The maximum atomic E-state index is 12.3. The van der Waals surface area contributed by atoms with Gasteiger partial charge in [-0.2, -0.15) is 0 Å². The highest BCUT2D eigenvalue weighted by Crippen LogP contribution is 2.18. The molecule has 2 N–H and O–H groups in total. The van der Waals surface area contributed by atoms with E-state index in [9.17, 15) is 4.79 Å². The lowest BCUT2D eigenvalue weighted by molar-refractivity contribution is 0.0950. The quantitative estimate of drug-likeness (QED) is 0.607. The van der Waals surface area contributed by atoms with Crippen LogP contribution in [-0.2, 0) is 13.5 Å². The largest absolute Gasteiger partial charge is 0.351 e. The summed E-state index contributed by atoms with van der Waals surface area (Å²) in [6, 6.07) is 13.8. The van der Waals surface area contributed by atoms with Crippen LogP contribution >= 0.6 is 0 Å². The minimum absolute atomic E-state index is 0.0791. The molecule has 24 heavy (non-hydrogen) atoms. The Morgan fingerprint density at radius 1 is 1.25 bits per heavy atom. The van der Waals surface area contributed by atoms with Crippen LogP contribution in [0.1, 0.15) is 16.1 Å². The van der Waals surface area contributed by atoms with Crippen LogP contribution in [0.2, 0.25) is 0 Å². The molecule has 4 rings (SSSR count). The summed E-state index contributed by atoms with van der Waals surface area (Å²) in [5.41, 5.74) is 3.73. The Morgan fingerprint density at radius 3 is 3.00 bits per heavy atom. The zero-order valence-corrected chi connectivity index (χ0v) is 13.4. The molecule has 5 heteroatoms. The molecule has 5 nitrogen and oxygen atoms in total. The monoisotopic (exact) mass is 318 g/mol. The molecule has 0 fully saturated rings. The van der Waals surface area contributed by atoms with Gasteiger partial charge in [0.15, 0.2) is 0 Å². The van der Waals surface area contributed by atoms with Crippen molar-refractivity contribution in [3.63, 3.8) is 0 Å². The fourth-order valence-electron chi connectivity index (χ4n) is 3.09. The summed E-state index contributed by atoms with van der Waals surface area (Å²) in [5, 5.41) is 5.17. The predicted molar refractivity (Wildman–Crippen MR) is 95.0 cm³/mol. The van der Waals surface area contributed by atoms with Gasteiger partial charge in [0.25, 0.3) is 5.91 Å². The van der Waals surface area contributed by atoms with Gasteiger partial charge in [-0.05, 0) is 36.2 Å². The Labute approximate surface area is 139 Å². The number of carbonyl (C=O) groups is 1. The van der Waals surface area contributed by atoms with Crippen molar-refractivity contribution < 1.29 is 4.79 Å². The zero-order chi connectivity index (χ0) is 16.5. The van der Waals surface area contributed by atoms with Gasteiger partial charge in [0.05, 0.1) is 0 Å². The van der Waals surface area contributed by atoms with E-state index in [1.165, 1.54) is 5.56 Å². The van der Waals surface area contributed by atoms with Crippen molar-refractivity contribution in [3.05, 3.63) is 66.1 Å². The molecular formula is C19H18N4O. The van der Waals surface area contributed by atoms with E-state index >= 15 is 0 Å². The minimum Gasteiger partial charge on any atom is -0.351 e. The molecule has 0 saturated carbocycles. The molecule has 3 heterocycles. The van der Waals surface area contributed by atoms with Crippen LogP contribution in [0.15, 0.2) is 54.9 Å². The second-order valence-corrected chi connectivity index (χ2v) is 5.92. The van der Waals surface area contributed by atoms with E-state index in [1.807, 2.05) is 48.0 Å². The smallest absolute Gasteiger partial charge is 0.267 e. The molecule has 0 atom stereocenters. The van der Waals surface area contributed by atoms with Crippen molar-refractivity contribution in [2.45, 2.75) is 6.42 Å². The summed E-state index contributed by atoms with van der Waals surface area (Å²) in [6.07, 6.45) is 4.64. The summed E-state index contributed by atoms with van der Waals surface area (Å²) in [4.78, 5) is 19.9. The van der Waals surface area contributed by atoms with Crippen LogP contribution in [-0.4, -0.2) is 27.0 Å². The third-order valence-electron chi connectivity index (χ3n) is 4.27. The third-order valence-corrected chi connectivity index (χ3v) is 4.27. The lowest BCUT2D eigenvalue weighted by Crippen LogP contribution is -2.25. The van der Waals surface area contributed by atoms with Crippen LogP contribution in [0.5, 0.6) is 0 Å². The molecule has 0 aliphatic heterocycles. The first-order valence-corrected chi connectivity index (χ1v) is 7.97. The van der Waals surface area contributed by atoms with Gasteiger partial charge in [-0.1, -0.05) is 18.2 Å². The number of rotatable bonds is 4. The topological polar surface area (TPSA) is 62.7 Å². The van der Waals surface area contributed by atoms with E-state index in [0.717, 1.165) is 28.4 Å². The number of hydrogen-bond donors (Lipinski definition) is 2. The molecule has 0 bridgehead atoms. The number of nitrogens with one attached hydrogen (secondary N) is 2. The van der Waals surface area contributed by atoms with Gasteiger partial charge in [-0.15, -0.1) is 0 Å². The number of para-hydroxylation sites is 1. The van der Waals surface area contributed by atoms with E-state index in [2.05, 4.69) is 27.5 Å². The van der Waals surface area contributed by atoms with Crippen molar-refractivity contribution in [1.82, 2.24) is 19.9 Å². The molecule has 0 unspecified atom stereocenters. The summed E-state index contributed by atoms with van der Waals surface area (Å²) < 4.78 is 2.02. The Hall–Kier alpha value is -3.08. The Balaban J connectivity index is 1.45. The maximum Gasteiger partial charge on any atom is 0.267 e. The number of aromatic amines is 1. The number of nitrogens with zero attached hydrogens (tertiary/aromatic N) is 2. The van der Waals surface area contributed by atoms with Crippen molar-refractivity contribution in [2.75, 3.05) is 6.54 Å².